The predicted molar refractivity (Wildman–Crippen MR) is 92.0 cm³/mol. The summed E-state index contributed by atoms with van der Waals surface area (Å²) in [5.74, 6) is 0.327. The molecule has 1 aliphatic heterocycles. The molecule has 0 unspecified atom stereocenters. The SMILES string of the molecule is O=C(Nc1cccc([N+](=O)[O-])c1)c1ccc(OC[C@H]2CCCO2)cc1. The summed E-state index contributed by atoms with van der Waals surface area (Å²) in [6.07, 6.45) is 2.20. The Hall–Kier alpha value is -2.93. The van der Waals surface area contributed by atoms with Crippen molar-refractivity contribution in [1.82, 2.24) is 0 Å². The molecule has 7 nitrogen and oxygen atoms in total. The fraction of sp³-hybridized carbons (Fsp3) is 0.278. The number of nitro benzene ring substituents is 1. The van der Waals surface area contributed by atoms with Crippen LogP contribution in [0.5, 0.6) is 5.75 Å². The first-order valence-corrected chi connectivity index (χ1v) is 8.02. The van der Waals surface area contributed by atoms with Crippen molar-refractivity contribution in [2.45, 2.75) is 18.9 Å². The number of nitrogens with zero attached hydrogens (tertiary/aromatic N) is 1. The molecule has 0 aromatic heterocycles. The van der Waals surface area contributed by atoms with Gasteiger partial charge in [0, 0.05) is 30.0 Å². The maximum atomic E-state index is 12.2. The van der Waals surface area contributed by atoms with Crippen molar-refractivity contribution in [1.29, 1.82) is 0 Å². The second-order valence-electron chi connectivity index (χ2n) is 5.73. The number of nitro groups is 1. The van der Waals surface area contributed by atoms with Crippen LogP contribution in [0.15, 0.2) is 48.5 Å². The number of hydrogen-bond donors (Lipinski definition) is 1. The third-order valence-corrected chi connectivity index (χ3v) is 3.89. The first-order valence-electron chi connectivity index (χ1n) is 8.02. The molecule has 2 aromatic rings. The van der Waals surface area contributed by atoms with E-state index in [0.717, 1.165) is 19.4 Å². The Morgan fingerprint density at radius 3 is 2.76 bits per heavy atom. The number of non-ortho nitro benzene ring substituents is 1. The average Bonchev–Trinajstić information content (AvgIpc) is 3.14. The highest BCUT2D eigenvalue weighted by Crippen LogP contribution is 2.19. The fourth-order valence-electron chi connectivity index (χ4n) is 2.57. The lowest BCUT2D eigenvalue weighted by Gasteiger charge is -2.11. The number of amides is 1. The van der Waals surface area contributed by atoms with Gasteiger partial charge in [0.25, 0.3) is 11.6 Å². The molecule has 1 heterocycles. The van der Waals surface area contributed by atoms with E-state index in [-0.39, 0.29) is 17.7 Å². The zero-order valence-corrected chi connectivity index (χ0v) is 13.5. The van der Waals surface area contributed by atoms with Crippen LogP contribution >= 0.6 is 0 Å². The summed E-state index contributed by atoms with van der Waals surface area (Å²) >= 11 is 0. The van der Waals surface area contributed by atoms with Gasteiger partial charge in [-0.25, -0.2) is 0 Å². The topological polar surface area (TPSA) is 90.7 Å². The van der Waals surface area contributed by atoms with Crippen LogP contribution < -0.4 is 10.1 Å². The Labute approximate surface area is 144 Å². The van der Waals surface area contributed by atoms with Crippen LogP contribution in [0, 0.1) is 10.1 Å². The van der Waals surface area contributed by atoms with Crippen LogP contribution in [0.2, 0.25) is 0 Å². The van der Waals surface area contributed by atoms with Crippen LogP contribution in [0.1, 0.15) is 23.2 Å². The van der Waals surface area contributed by atoms with Gasteiger partial charge in [0.15, 0.2) is 0 Å². The van der Waals surface area contributed by atoms with Gasteiger partial charge in [-0.1, -0.05) is 6.07 Å². The monoisotopic (exact) mass is 342 g/mol. The first kappa shape index (κ1) is 16.9. The number of rotatable bonds is 6. The Kier molecular flexibility index (Phi) is 5.25. The van der Waals surface area contributed by atoms with Crippen LogP contribution in [0.4, 0.5) is 11.4 Å². The summed E-state index contributed by atoms with van der Waals surface area (Å²) in [7, 11) is 0. The van der Waals surface area contributed by atoms with Crippen LogP contribution in [0.25, 0.3) is 0 Å². The lowest BCUT2D eigenvalue weighted by Crippen LogP contribution is -2.16. The third-order valence-electron chi connectivity index (χ3n) is 3.89. The van der Waals surface area contributed by atoms with E-state index in [9.17, 15) is 14.9 Å². The molecule has 3 rings (SSSR count). The molecule has 1 saturated heterocycles. The van der Waals surface area contributed by atoms with Crippen molar-refractivity contribution in [3.05, 3.63) is 64.2 Å². The molecule has 7 heteroatoms. The second-order valence-corrected chi connectivity index (χ2v) is 5.73. The summed E-state index contributed by atoms with van der Waals surface area (Å²) in [5, 5.41) is 13.4. The number of nitrogens with one attached hydrogen (secondary N) is 1. The molecule has 25 heavy (non-hydrogen) atoms. The van der Waals surface area contributed by atoms with E-state index in [1.807, 2.05) is 0 Å². The van der Waals surface area contributed by atoms with Gasteiger partial charge in [0.05, 0.1) is 11.0 Å². The highest BCUT2D eigenvalue weighted by atomic mass is 16.6. The minimum absolute atomic E-state index is 0.0734. The summed E-state index contributed by atoms with van der Waals surface area (Å²) in [5.41, 5.74) is 0.740. The van der Waals surface area contributed by atoms with Crippen molar-refractivity contribution in [2.24, 2.45) is 0 Å². The van der Waals surface area contributed by atoms with Crippen molar-refractivity contribution < 1.29 is 19.2 Å². The molecule has 0 saturated carbocycles. The molecular weight excluding hydrogens is 324 g/mol. The maximum absolute atomic E-state index is 12.2. The predicted octanol–water partition coefficient (Wildman–Crippen LogP) is 3.40. The van der Waals surface area contributed by atoms with Crippen molar-refractivity contribution in [2.75, 3.05) is 18.5 Å². The van der Waals surface area contributed by atoms with E-state index < -0.39 is 4.92 Å². The van der Waals surface area contributed by atoms with Crippen molar-refractivity contribution >= 4 is 17.3 Å². The van der Waals surface area contributed by atoms with Crippen LogP contribution in [-0.4, -0.2) is 30.1 Å². The highest BCUT2D eigenvalue weighted by Gasteiger charge is 2.16. The van der Waals surface area contributed by atoms with Gasteiger partial charge in [-0.3, -0.25) is 14.9 Å². The molecular formula is C18H18N2O5. The number of anilines is 1. The molecule has 0 spiro atoms. The fourth-order valence-corrected chi connectivity index (χ4v) is 2.57. The number of hydrogen-bond acceptors (Lipinski definition) is 5. The molecule has 1 aliphatic rings. The number of benzene rings is 2. The third kappa shape index (κ3) is 4.54. The van der Waals surface area contributed by atoms with Crippen molar-refractivity contribution in [3.63, 3.8) is 0 Å². The molecule has 1 N–H and O–H groups in total. The number of carbonyl (C=O) groups is 1. The van der Waals surface area contributed by atoms with E-state index in [2.05, 4.69) is 5.32 Å². The molecule has 1 amide bonds. The quantitative estimate of drug-likeness (QED) is 0.642. The summed E-state index contributed by atoms with van der Waals surface area (Å²) in [4.78, 5) is 22.5. The van der Waals surface area contributed by atoms with Gasteiger partial charge in [0.1, 0.15) is 12.4 Å². The molecule has 1 atom stereocenters. The van der Waals surface area contributed by atoms with Gasteiger partial charge >= 0.3 is 0 Å². The molecule has 1 fully saturated rings. The van der Waals surface area contributed by atoms with Gasteiger partial charge in [-0.05, 0) is 43.2 Å². The molecule has 0 bridgehead atoms. The molecule has 2 aromatic carbocycles. The Morgan fingerprint density at radius 2 is 2.08 bits per heavy atom. The van der Waals surface area contributed by atoms with E-state index >= 15 is 0 Å². The smallest absolute Gasteiger partial charge is 0.271 e. The largest absolute Gasteiger partial charge is 0.491 e. The van der Waals surface area contributed by atoms with Crippen LogP contribution in [-0.2, 0) is 4.74 Å². The lowest BCUT2D eigenvalue weighted by atomic mass is 10.2. The van der Waals surface area contributed by atoms with E-state index in [1.54, 1.807) is 30.3 Å². The Balaban J connectivity index is 1.58. The molecule has 0 aliphatic carbocycles. The normalized spacial score (nSPS) is 16.4. The average molecular weight is 342 g/mol. The minimum atomic E-state index is -0.504. The van der Waals surface area contributed by atoms with Gasteiger partial charge in [-0.15, -0.1) is 0 Å². The minimum Gasteiger partial charge on any atom is -0.491 e. The summed E-state index contributed by atoms with van der Waals surface area (Å²) in [6, 6.07) is 12.6. The second kappa shape index (κ2) is 7.76. The van der Waals surface area contributed by atoms with Crippen LogP contribution in [0.3, 0.4) is 0 Å². The summed E-state index contributed by atoms with van der Waals surface area (Å²) < 4.78 is 11.1. The van der Waals surface area contributed by atoms with E-state index in [0.29, 0.717) is 23.6 Å². The zero-order chi connectivity index (χ0) is 17.6. The number of carbonyl (C=O) groups excluding carboxylic acids is 1. The van der Waals surface area contributed by atoms with Gasteiger partial charge in [-0.2, -0.15) is 0 Å². The zero-order valence-electron chi connectivity index (χ0n) is 13.5. The molecule has 0 radical (unpaired) electrons. The Bertz CT molecular complexity index is 754. The lowest BCUT2D eigenvalue weighted by molar-refractivity contribution is -0.384. The van der Waals surface area contributed by atoms with Gasteiger partial charge in [0.2, 0.25) is 0 Å². The number of ether oxygens (including phenoxy) is 2. The van der Waals surface area contributed by atoms with Gasteiger partial charge < -0.3 is 14.8 Å². The highest BCUT2D eigenvalue weighted by molar-refractivity contribution is 6.04. The molecule has 130 valence electrons. The van der Waals surface area contributed by atoms with E-state index in [1.165, 1.54) is 18.2 Å². The summed E-state index contributed by atoms with van der Waals surface area (Å²) in [6.45, 7) is 1.28. The van der Waals surface area contributed by atoms with E-state index in [4.69, 9.17) is 9.47 Å². The maximum Gasteiger partial charge on any atom is 0.271 e. The van der Waals surface area contributed by atoms with Crippen molar-refractivity contribution in [3.8, 4) is 5.75 Å². The first-order chi connectivity index (χ1) is 12.1. The Morgan fingerprint density at radius 1 is 1.28 bits per heavy atom. The standard InChI is InChI=1S/C18H18N2O5/c21-18(19-14-3-1-4-15(11-14)20(22)23)13-6-8-16(9-7-13)25-12-17-5-2-10-24-17/h1,3-4,6-9,11,17H,2,5,10,12H2,(H,19,21)/t17-/m1/s1.